The monoisotopic (exact) mass is 521 g/mol. The van der Waals surface area contributed by atoms with Gasteiger partial charge in [-0.25, -0.2) is 0 Å². The Morgan fingerprint density at radius 3 is 2.13 bits per heavy atom. The Hall–Kier alpha value is -3.44. The Morgan fingerprint density at radius 1 is 0.872 bits per heavy atom. The third-order valence-electron chi connectivity index (χ3n) is 9.11. The average molecular weight is 522 g/mol. The van der Waals surface area contributed by atoms with Crippen molar-refractivity contribution in [2.45, 2.75) is 63.5 Å². The Morgan fingerprint density at radius 2 is 1.49 bits per heavy atom. The highest BCUT2D eigenvalue weighted by Gasteiger charge is 2.48. The Kier molecular flexibility index (Phi) is 7.26. The van der Waals surface area contributed by atoms with Gasteiger partial charge in [0.2, 0.25) is 5.91 Å². The van der Waals surface area contributed by atoms with Gasteiger partial charge in [-0.1, -0.05) is 80.1 Å². The molecule has 0 atom stereocenters. The molecule has 6 rings (SSSR count). The second-order valence-electron chi connectivity index (χ2n) is 11.4. The van der Waals surface area contributed by atoms with Crippen LogP contribution in [0.15, 0.2) is 72.8 Å². The number of nitrogens with zero attached hydrogens (tertiary/aromatic N) is 2. The van der Waals surface area contributed by atoms with Crippen molar-refractivity contribution in [3.63, 3.8) is 0 Å². The summed E-state index contributed by atoms with van der Waals surface area (Å²) in [6, 6.07) is 25.3. The molecule has 3 aromatic carbocycles. The summed E-state index contributed by atoms with van der Waals surface area (Å²) in [6.45, 7) is 6.65. The summed E-state index contributed by atoms with van der Waals surface area (Å²) in [4.78, 5) is 31.4. The van der Waals surface area contributed by atoms with Gasteiger partial charge in [0, 0.05) is 37.8 Å². The maximum absolute atomic E-state index is 13.9. The van der Waals surface area contributed by atoms with E-state index in [1.807, 2.05) is 18.2 Å². The first kappa shape index (κ1) is 25.8. The molecule has 39 heavy (non-hydrogen) atoms. The highest BCUT2D eigenvalue weighted by molar-refractivity contribution is 6.00. The van der Waals surface area contributed by atoms with Gasteiger partial charge in [-0.3, -0.25) is 9.59 Å². The summed E-state index contributed by atoms with van der Waals surface area (Å²) in [7, 11) is 0. The molecule has 0 spiro atoms. The van der Waals surface area contributed by atoms with Crippen molar-refractivity contribution in [1.29, 1.82) is 0 Å². The lowest BCUT2D eigenvalue weighted by Gasteiger charge is -2.37. The molecule has 2 aliphatic heterocycles. The zero-order valence-corrected chi connectivity index (χ0v) is 23.0. The van der Waals surface area contributed by atoms with Crippen LogP contribution in [0.2, 0.25) is 0 Å². The van der Waals surface area contributed by atoms with Gasteiger partial charge in [0.05, 0.1) is 0 Å². The molecule has 0 unspecified atom stereocenters. The number of benzene rings is 3. The molecular formula is C34H39N3O2. The van der Waals surface area contributed by atoms with Crippen molar-refractivity contribution >= 4 is 11.8 Å². The SMILES string of the molecule is CCCNC(=O)C1(CCCCN2CCC(N3Cc4ccccc4C3=O)CC2)c2ccccc2-c2ccccc21. The minimum atomic E-state index is -0.625. The molecule has 0 bridgehead atoms. The normalized spacial score (nSPS) is 18.1. The van der Waals surface area contributed by atoms with E-state index in [0.717, 1.165) is 87.0 Å². The zero-order valence-electron chi connectivity index (χ0n) is 23.0. The molecule has 202 valence electrons. The first-order valence-electron chi connectivity index (χ1n) is 14.7. The molecule has 3 aliphatic rings. The van der Waals surface area contributed by atoms with Gasteiger partial charge < -0.3 is 15.1 Å². The molecule has 5 nitrogen and oxygen atoms in total. The molecular weight excluding hydrogens is 482 g/mol. The third kappa shape index (κ3) is 4.57. The predicted molar refractivity (Wildman–Crippen MR) is 156 cm³/mol. The number of hydrogen-bond donors (Lipinski definition) is 1. The highest BCUT2D eigenvalue weighted by Crippen LogP contribution is 2.51. The lowest BCUT2D eigenvalue weighted by atomic mass is 9.73. The second kappa shape index (κ2) is 11.0. The zero-order chi connectivity index (χ0) is 26.8. The smallest absolute Gasteiger partial charge is 0.254 e. The van der Waals surface area contributed by atoms with Crippen molar-refractivity contribution in [3.8, 4) is 11.1 Å². The summed E-state index contributed by atoms with van der Waals surface area (Å²) in [5.41, 5.74) is 6.11. The van der Waals surface area contributed by atoms with E-state index in [0.29, 0.717) is 12.6 Å². The van der Waals surface area contributed by atoms with E-state index in [1.165, 1.54) is 11.1 Å². The number of carbonyl (C=O) groups excluding carboxylic acids is 2. The second-order valence-corrected chi connectivity index (χ2v) is 11.4. The van der Waals surface area contributed by atoms with Crippen LogP contribution in [0, 0.1) is 0 Å². The molecule has 3 aromatic rings. The van der Waals surface area contributed by atoms with E-state index in [1.54, 1.807) is 0 Å². The number of hydrogen-bond acceptors (Lipinski definition) is 3. The molecule has 0 aromatic heterocycles. The largest absolute Gasteiger partial charge is 0.355 e. The van der Waals surface area contributed by atoms with E-state index in [4.69, 9.17) is 0 Å². The van der Waals surface area contributed by atoms with Crippen LogP contribution in [0.1, 0.15) is 72.5 Å². The number of nitrogens with one attached hydrogen (secondary N) is 1. The van der Waals surface area contributed by atoms with Crippen LogP contribution < -0.4 is 5.32 Å². The maximum Gasteiger partial charge on any atom is 0.254 e. The number of piperidine rings is 1. The molecule has 1 fully saturated rings. The van der Waals surface area contributed by atoms with Crippen LogP contribution in [-0.2, 0) is 16.8 Å². The lowest BCUT2D eigenvalue weighted by Crippen LogP contribution is -2.45. The standard InChI is InChI=1S/C34H39N3O2/c1-2-20-35-33(39)34(30-15-7-5-13-28(30)29-14-6-8-16-31(29)34)19-9-10-21-36-22-17-26(18-23-36)37-24-25-11-3-4-12-27(25)32(37)38/h3-8,11-16,26H,2,9-10,17-24H2,1H3,(H,35,39). The number of rotatable bonds is 9. The summed E-state index contributed by atoms with van der Waals surface area (Å²) in [5.74, 6) is 0.340. The van der Waals surface area contributed by atoms with Crippen molar-refractivity contribution in [2.24, 2.45) is 0 Å². The number of amides is 2. The average Bonchev–Trinajstić information content (AvgIpc) is 3.47. The molecule has 2 heterocycles. The van der Waals surface area contributed by atoms with Crippen LogP contribution in [0.5, 0.6) is 0 Å². The van der Waals surface area contributed by atoms with E-state index < -0.39 is 5.41 Å². The number of likely N-dealkylation sites (tertiary alicyclic amines) is 1. The Balaban J connectivity index is 1.09. The molecule has 2 amide bonds. The van der Waals surface area contributed by atoms with Gasteiger partial charge in [0.25, 0.3) is 5.91 Å². The number of unbranched alkanes of at least 4 members (excludes halogenated alkanes) is 1. The van der Waals surface area contributed by atoms with Crippen molar-refractivity contribution < 1.29 is 9.59 Å². The topological polar surface area (TPSA) is 52.7 Å². The molecule has 5 heteroatoms. The van der Waals surface area contributed by atoms with Crippen molar-refractivity contribution in [2.75, 3.05) is 26.2 Å². The van der Waals surface area contributed by atoms with Gasteiger partial charge in [-0.15, -0.1) is 0 Å². The minimum Gasteiger partial charge on any atom is -0.355 e. The molecule has 0 radical (unpaired) electrons. The molecule has 1 saturated heterocycles. The lowest BCUT2D eigenvalue weighted by molar-refractivity contribution is -0.125. The van der Waals surface area contributed by atoms with Gasteiger partial charge in [-0.2, -0.15) is 0 Å². The van der Waals surface area contributed by atoms with E-state index >= 15 is 0 Å². The fourth-order valence-electron chi connectivity index (χ4n) is 7.09. The van der Waals surface area contributed by atoms with Crippen molar-refractivity contribution in [3.05, 3.63) is 95.1 Å². The number of carbonyl (C=O) groups is 2. The summed E-state index contributed by atoms with van der Waals surface area (Å²) in [5, 5.41) is 3.25. The highest BCUT2D eigenvalue weighted by atomic mass is 16.2. The first-order valence-corrected chi connectivity index (χ1v) is 14.7. The fourth-order valence-corrected chi connectivity index (χ4v) is 7.09. The summed E-state index contributed by atoms with van der Waals surface area (Å²) >= 11 is 0. The van der Waals surface area contributed by atoms with Gasteiger partial charge in [0.1, 0.15) is 5.41 Å². The van der Waals surface area contributed by atoms with Crippen molar-refractivity contribution in [1.82, 2.24) is 15.1 Å². The predicted octanol–water partition coefficient (Wildman–Crippen LogP) is 5.77. The van der Waals surface area contributed by atoms with Gasteiger partial charge in [-0.05, 0) is 72.5 Å². The molecule has 1 aliphatic carbocycles. The molecule has 0 saturated carbocycles. The maximum atomic E-state index is 13.9. The van der Waals surface area contributed by atoms with E-state index in [-0.39, 0.29) is 11.8 Å². The van der Waals surface area contributed by atoms with Crippen LogP contribution in [0.3, 0.4) is 0 Å². The first-order chi connectivity index (χ1) is 19.1. The van der Waals surface area contributed by atoms with Gasteiger partial charge >= 0.3 is 0 Å². The van der Waals surface area contributed by atoms with E-state index in [2.05, 4.69) is 76.6 Å². The van der Waals surface area contributed by atoms with Crippen LogP contribution >= 0.6 is 0 Å². The van der Waals surface area contributed by atoms with Crippen LogP contribution in [0.25, 0.3) is 11.1 Å². The van der Waals surface area contributed by atoms with Crippen LogP contribution in [0.4, 0.5) is 0 Å². The Labute approximate surface area is 232 Å². The van der Waals surface area contributed by atoms with E-state index in [9.17, 15) is 9.59 Å². The third-order valence-corrected chi connectivity index (χ3v) is 9.11. The molecule has 1 N–H and O–H groups in total. The summed E-state index contributed by atoms with van der Waals surface area (Å²) < 4.78 is 0. The Bertz CT molecular complexity index is 1310. The van der Waals surface area contributed by atoms with Crippen LogP contribution in [-0.4, -0.2) is 53.8 Å². The quantitative estimate of drug-likeness (QED) is 0.364. The summed E-state index contributed by atoms with van der Waals surface area (Å²) in [6.07, 6.45) is 5.85. The fraction of sp³-hybridized carbons (Fsp3) is 0.412. The number of fused-ring (bicyclic) bond motifs is 4. The van der Waals surface area contributed by atoms with Gasteiger partial charge in [0.15, 0.2) is 0 Å². The minimum absolute atomic E-state index is 0.138.